The molecule has 0 heterocycles. The van der Waals surface area contributed by atoms with Gasteiger partial charge in [0.2, 0.25) is 0 Å². The van der Waals surface area contributed by atoms with Gasteiger partial charge in [0.25, 0.3) is 0 Å². The summed E-state index contributed by atoms with van der Waals surface area (Å²) in [5, 5.41) is 12.3. The van der Waals surface area contributed by atoms with E-state index in [-0.39, 0.29) is 6.61 Å². The molecule has 0 aliphatic rings. The molecule has 0 radical (unpaired) electrons. The largest absolute Gasteiger partial charge is 0.497 e. The van der Waals surface area contributed by atoms with E-state index in [0.717, 1.165) is 31.7 Å². The monoisotopic (exact) mass is 237 g/mol. The first-order valence-electron chi connectivity index (χ1n) is 6.24. The molecular formula is C14H23NO2. The topological polar surface area (TPSA) is 41.5 Å². The van der Waals surface area contributed by atoms with E-state index in [0.29, 0.717) is 5.92 Å². The third kappa shape index (κ3) is 5.20. The van der Waals surface area contributed by atoms with Crippen molar-refractivity contribution in [2.24, 2.45) is 5.92 Å². The first-order valence-corrected chi connectivity index (χ1v) is 6.24. The van der Waals surface area contributed by atoms with Gasteiger partial charge in [-0.25, -0.2) is 0 Å². The minimum Gasteiger partial charge on any atom is -0.497 e. The maximum absolute atomic E-state index is 8.90. The number of hydrogen-bond acceptors (Lipinski definition) is 3. The summed E-state index contributed by atoms with van der Waals surface area (Å²) in [4.78, 5) is 0. The van der Waals surface area contributed by atoms with Crippen LogP contribution in [0.1, 0.15) is 25.3 Å². The van der Waals surface area contributed by atoms with Crippen LogP contribution in [0.2, 0.25) is 0 Å². The highest BCUT2D eigenvalue weighted by Gasteiger charge is 2.04. The van der Waals surface area contributed by atoms with Crippen molar-refractivity contribution in [1.82, 2.24) is 5.32 Å². The number of methoxy groups -OCH3 is 1. The smallest absolute Gasteiger partial charge is 0.118 e. The Morgan fingerprint density at radius 3 is 2.53 bits per heavy atom. The highest BCUT2D eigenvalue weighted by atomic mass is 16.5. The Morgan fingerprint density at radius 2 is 2.00 bits per heavy atom. The van der Waals surface area contributed by atoms with Gasteiger partial charge in [-0.05, 0) is 36.6 Å². The molecule has 1 atom stereocenters. The first-order chi connectivity index (χ1) is 8.30. The predicted octanol–water partition coefficient (Wildman–Crippen LogP) is 2.19. The Morgan fingerprint density at radius 1 is 1.29 bits per heavy atom. The zero-order valence-electron chi connectivity index (χ0n) is 10.8. The molecule has 0 spiro atoms. The molecule has 3 nitrogen and oxygen atoms in total. The van der Waals surface area contributed by atoms with E-state index in [4.69, 9.17) is 9.84 Å². The molecule has 17 heavy (non-hydrogen) atoms. The lowest BCUT2D eigenvalue weighted by molar-refractivity contribution is 0.251. The summed E-state index contributed by atoms with van der Waals surface area (Å²) in [6.45, 7) is 4.27. The lowest BCUT2D eigenvalue weighted by Crippen LogP contribution is -2.22. The number of hydrogen-bond donors (Lipinski definition) is 2. The Kier molecular flexibility index (Phi) is 6.67. The zero-order valence-corrected chi connectivity index (χ0v) is 10.8. The average molecular weight is 237 g/mol. The molecule has 0 fully saturated rings. The van der Waals surface area contributed by atoms with Gasteiger partial charge in [-0.2, -0.15) is 0 Å². The molecule has 0 bridgehead atoms. The second kappa shape index (κ2) is 8.09. The molecule has 1 rings (SSSR count). The molecule has 0 saturated heterocycles. The molecular weight excluding hydrogens is 214 g/mol. The van der Waals surface area contributed by atoms with E-state index >= 15 is 0 Å². The molecule has 96 valence electrons. The number of aliphatic hydroxyl groups is 1. The number of nitrogens with one attached hydrogen (secondary N) is 1. The van der Waals surface area contributed by atoms with Crippen molar-refractivity contribution in [2.45, 2.75) is 26.3 Å². The van der Waals surface area contributed by atoms with E-state index in [1.54, 1.807) is 7.11 Å². The van der Waals surface area contributed by atoms with Gasteiger partial charge >= 0.3 is 0 Å². The van der Waals surface area contributed by atoms with Crippen LogP contribution in [0.15, 0.2) is 24.3 Å². The molecule has 0 aliphatic heterocycles. The summed E-state index contributed by atoms with van der Waals surface area (Å²) < 4.78 is 5.11. The van der Waals surface area contributed by atoms with E-state index in [2.05, 4.69) is 24.4 Å². The van der Waals surface area contributed by atoms with Gasteiger partial charge in [-0.15, -0.1) is 0 Å². The molecule has 3 heteroatoms. The summed E-state index contributed by atoms with van der Waals surface area (Å²) in [6.07, 6.45) is 1.99. The molecule has 1 aromatic rings. The van der Waals surface area contributed by atoms with Gasteiger partial charge < -0.3 is 15.2 Å². The Bertz CT molecular complexity index is 298. The molecule has 0 saturated carbocycles. The molecule has 0 amide bonds. The summed E-state index contributed by atoms with van der Waals surface area (Å²) in [6, 6.07) is 8.09. The van der Waals surface area contributed by atoms with Crippen LogP contribution in [0.4, 0.5) is 0 Å². The summed E-state index contributed by atoms with van der Waals surface area (Å²) in [5.41, 5.74) is 1.25. The van der Waals surface area contributed by atoms with Crippen LogP contribution in [0, 0.1) is 5.92 Å². The number of rotatable bonds is 8. The Balaban J connectivity index is 2.29. The Hall–Kier alpha value is -1.06. The lowest BCUT2D eigenvalue weighted by Gasteiger charge is -2.14. The van der Waals surface area contributed by atoms with Gasteiger partial charge in [0.05, 0.1) is 7.11 Å². The molecule has 1 aromatic carbocycles. The van der Waals surface area contributed by atoms with Gasteiger partial charge in [0, 0.05) is 13.2 Å². The van der Waals surface area contributed by atoms with Gasteiger partial charge in [-0.1, -0.05) is 25.5 Å². The average Bonchev–Trinajstić information content (AvgIpc) is 2.38. The van der Waals surface area contributed by atoms with E-state index in [9.17, 15) is 0 Å². The Labute approximate surface area is 104 Å². The second-order valence-corrected chi connectivity index (χ2v) is 4.27. The van der Waals surface area contributed by atoms with Crippen LogP contribution in [-0.2, 0) is 6.54 Å². The molecule has 2 N–H and O–H groups in total. The quantitative estimate of drug-likeness (QED) is 0.728. The minimum atomic E-state index is 0.280. The third-order valence-corrected chi connectivity index (χ3v) is 3.04. The third-order valence-electron chi connectivity index (χ3n) is 3.04. The van der Waals surface area contributed by atoms with Gasteiger partial charge in [0.1, 0.15) is 5.75 Å². The lowest BCUT2D eigenvalue weighted by atomic mass is 10.0. The van der Waals surface area contributed by atoms with Gasteiger partial charge in [0.15, 0.2) is 0 Å². The highest BCUT2D eigenvalue weighted by Crippen LogP contribution is 2.11. The fourth-order valence-electron chi connectivity index (χ4n) is 1.80. The van der Waals surface area contributed by atoms with Crippen LogP contribution in [0.5, 0.6) is 5.75 Å². The van der Waals surface area contributed by atoms with Crippen LogP contribution >= 0.6 is 0 Å². The van der Waals surface area contributed by atoms with Crippen molar-refractivity contribution >= 4 is 0 Å². The predicted molar refractivity (Wildman–Crippen MR) is 70.2 cm³/mol. The zero-order chi connectivity index (χ0) is 12.5. The van der Waals surface area contributed by atoms with Crippen molar-refractivity contribution in [3.63, 3.8) is 0 Å². The van der Waals surface area contributed by atoms with Crippen molar-refractivity contribution in [1.29, 1.82) is 0 Å². The first kappa shape index (κ1) is 14.0. The van der Waals surface area contributed by atoms with Crippen LogP contribution < -0.4 is 10.1 Å². The molecule has 0 aliphatic carbocycles. The minimum absolute atomic E-state index is 0.280. The highest BCUT2D eigenvalue weighted by molar-refractivity contribution is 5.26. The van der Waals surface area contributed by atoms with Crippen LogP contribution in [0.3, 0.4) is 0 Å². The molecule has 1 unspecified atom stereocenters. The van der Waals surface area contributed by atoms with Crippen LogP contribution in [0.25, 0.3) is 0 Å². The van der Waals surface area contributed by atoms with Crippen LogP contribution in [-0.4, -0.2) is 25.4 Å². The van der Waals surface area contributed by atoms with Gasteiger partial charge in [-0.3, -0.25) is 0 Å². The number of aliphatic hydroxyl groups excluding tert-OH is 1. The SMILES string of the molecule is CCC(CCO)CNCc1ccc(OC)cc1. The normalized spacial score (nSPS) is 12.4. The number of benzene rings is 1. The number of ether oxygens (including phenoxy) is 1. The summed E-state index contributed by atoms with van der Waals surface area (Å²) in [5.74, 6) is 1.46. The maximum Gasteiger partial charge on any atom is 0.118 e. The van der Waals surface area contributed by atoms with E-state index in [1.807, 2.05) is 12.1 Å². The van der Waals surface area contributed by atoms with Crippen molar-refractivity contribution in [3.05, 3.63) is 29.8 Å². The summed E-state index contributed by atoms with van der Waals surface area (Å²) >= 11 is 0. The second-order valence-electron chi connectivity index (χ2n) is 4.27. The fraction of sp³-hybridized carbons (Fsp3) is 0.571. The standard InChI is InChI=1S/C14H23NO2/c1-3-12(8-9-16)10-15-11-13-4-6-14(17-2)7-5-13/h4-7,12,15-16H,3,8-11H2,1-2H3. The maximum atomic E-state index is 8.90. The fourth-order valence-corrected chi connectivity index (χ4v) is 1.80. The van der Waals surface area contributed by atoms with E-state index < -0.39 is 0 Å². The molecule has 0 aromatic heterocycles. The van der Waals surface area contributed by atoms with Crippen molar-refractivity contribution in [3.8, 4) is 5.75 Å². The van der Waals surface area contributed by atoms with E-state index in [1.165, 1.54) is 5.56 Å². The van der Waals surface area contributed by atoms with Crippen molar-refractivity contribution in [2.75, 3.05) is 20.3 Å². The summed E-state index contributed by atoms with van der Waals surface area (Å²) in [7, 11) is 1.67. The van der Waals surface area contributed by atoms with Crippen molar-refractivity contribution < 1.29 is 9.84 Å².